The van der Waals surface area contributed by atoms with Gasteiger partial charge in [-0.2, -0.15) is 0 Å². The molecule has 0 saturated carbocycles. The maximum absolute atomic E-state index is 5.76. The first kappa shape index (κ1) is 12.6. The van der Waals surface area contributed by atoms with Gasteiger partial charge in [-0.3, -0.25) is 0 Å². The Kier molecular flexibility index (Phi) is 3.84. The number of aromatic nitrogens is 2. The molecule has 0 amide bonds. The minimum Gasteiger partial charge on any atom is -0.330 e. The van der Waals surface area contributed by atoms with Crippen molar-refractivity contribution in [1.29, 1.82) is 0 Å². The Balaban J connectivity index is 2.61. The third kappa shape index (κ3) is 2.38. The van der Waals surface area contributed by atoms with Crippen molar-refractivity contribution in [1.82, 2.24) is 9.55 Å². The van der Waals surface area contributed by atoms with Crippen LogP contribution in [-0.2, 0) is 6.54 Å². The van der Waals surface area contributed by atoms with E-state index in [2.05, 4.69) is 52.5 Å². The van der Waals surface area contributed by atoms with Crippen molar-refractivity contribution in [2.45, 2.75) is 32.7 Å². The van der Waals surface area contributed by atoms with Gasteiger partial charge < -0.3 is 10.3 Å². The van der Waals surface area contributed by atoms with Gasteiger partial charge in [-0.1, -0.05) is 29.8 Å². The van der Waals surface area contributed by atoms with E-state index in [0.29, 0.717) is 12.5 Å². The smallest absolute Gasteiger partial charge is 0.113 e. The zero-order chi connectivity index (χ0) is 12.4. The van der Waals surface area contributed by atoms with Gasteiger partial charge >= 0.3 is 0 Å². The van der Waals surface area contributed by atoms with Gasteiger partial charge in [-0.05, 0) is 24.6 Å². The van der Waals surface area contributed by atoms with Crippen molar-refractivity contribution in [3.63, 3.8) is 0 Å². The third-order valence-corrected chi connectivity index (χ3v) is 3.47. The summed E-state index contributed by atoms with van der Waals surface area (Å²) in [5.41, 5.74) is 8.00. The lowest BCUT2D eigenvalue weighted by Crippen LogP contribution is -2.14. The summed E-state index contributed by atoms with van der Waals surface area (Å²) >= 11 is 3.49. The Morgan fingerprint density at radius 1 is 1.47 bits per heavy atom. The lowest BCUT2D eigenvalue weighted by molar-refractivity contribution is 0.606. The molecule has 1 heterocycles. The molecule has 2 N–H and O–H groups in total. The maximum atomic E-state index is 5.76. The van der Waals surface area contributed by atoms with Crippen LogP contribution in [0.4, 0.5) is 0 Å². The molecule has 1 aromatic carbocycles. The van der Waals surface area contributed by atoms with Crippen LogP contribution in [0.2, 0.25) is 0 Å². The number of imidazole rings is 1. The summed E-state index contributed by atoms with van der Waals surface area (Å²) in [4.78, 5) is 4.72. The molecule has 1 aromatic heterocycles. The van der Waals surface area contributed by atoms with Crippen molar-refractivity contribution in [3.8, 4) is 0 Å². The number of nitrogens with zero attached hydrogens (tertiary/aromatic N) is 2. The first-order valence-electron chi connectivity index (χ1n) is 6.03. The van der Waals surface area contributed by atoms with E-state index in [1.807, 2.05) is 0 Å². The minimum absolute atomic E-state index is 0.299. The molecule has 0 aliphatic heterocycles. The van der Waals surface area contributed by atoms with E-state index >= 15 is 0 Å². The number of halogens is 1. The summed E-state index contributed by atoms with van der Waals surface area (Å²) in [6.07, 6.45) is 1.10. The molecule has 0 spiro atoms. The predicted molar refractivity (Wildman–Crippen MR) is 75.2 cm³/mol. The van der Waals surface area contributed by atoms with Gasteiger partial charge in [0.15, 0.2) is 0 Å². The fourth-order valence-corrected chi connectivity index (χ4v) is 2.41. The van der Waals surface area contributed by atoms with Gasteiger partial charge in [0.1, 0.15) is 5.82 Å². The zero-order valence-corrected chi connectivity index (χ0v) is 11.9. The molecule has 1 unspecified atom stereocenters. The van der Waals surface area contributed by atoms with Crippen LogP contribution in [0.5, 0.6) is 0 Å². The number of aryl methyl sites for hydroxylation is 1. The average Bonchev–Trinajstić information content (AvgIpc) is 2.67. The number of rotatable bonds is 4. The lowest BCUT2D eigenvalue weighted by Gasteiger charge is -2.12. The second kappa shape index (κ2) is 5.19. The summed E-state index contributed by atoms with van der Waals surface area (Å²) in [6, 6.07) is 6.25. The third-order valence-electron chi connectivity index (χ3n) is 2.98. The van der Waals surface area contributed by atoms with Gasteiger partial charge in [-0.15, -0.1) is 0 Å². The fourth-order valence-electron chi connectivity index (χ4n) is 2.06. The summed E-state index contributed by atoms with van der Waals surface area (Å²) in [5, 5.41) is 0. The van der Waals surface area contributed by atoms with Gasteiger partial charge in [0.2, 0.25) is 0 Å². The maximum Gasteiger partial charge on any atom is 0.113 e. The van der Waals surface area contributed by atoms with Crippen molar-refractivity contribution in [2.75, 3.05) is 6.54 Å². The minimum atomic E-state index is 0.299. The van der Waals surface area contributed by atoms with E-state index in [0.717, 1.165) is 28.8 Å². The van der Waals surface area contributed by atoms with E-state index < -0.39 is 0 Å². The van der Waals surface area contributed by atoms with E-state index in [1.165, 1.54) is 5.52 Å². The molecule has 1 atom stereocenters. The highest BCUT2D eigenvalue weighted by molar-refractivity contribution is 9.10. The summed E-state index contributed by atoms with van der Waals surface area (Å²) in [6.45, 7) is 5.94. The van der Waals surface area contributed by atoms with Gasteiger partial charge in [0.25, 0.3) is 0 Å². The van der Waals surface area contributed by atoms with Crippen LogP contribution in [0.3, 0.4) is 0 Å². The molecule has 2 rings (SSSR count). The van der Waals surface area contributed by atoms with Gasteiger partial charge in [-0.25, -0.2) is 4.98 Å². The topological polar surface area (TPSA) is 43.8 Å². The number of hydrogen-bond acceptors (Lipinski definition) is 2. The molecule has 0 saturated heterocycles. The standard InChI is InChI=1S/C13H18BrN3/c1-3-6-17-12-5-4-10(14)7-11(12)16-13(17)9(2)8-15/h4-5,7,9H,3,6,8,15H2,1-2H3. The number of hydrogen-bond donors (Lipinski definition) is 1. The molecular formula is C13H18BrN3. The number of benzene rings is 1. The van der Waals surface area contributed by atoms with Crippen molar-refractivity contribution < 1.29 is 0 Å². The molecule has 4 heteroatoms. The van der Waals surface area contributed by atoms with Crippen LogP contribution in [0, 0.1) is 0 Å². The Morgan fingerprint density at radius 2 is 2.24 bits per heavy atom. The highest BCUT2D eigenvalue weighted by Gasteiger charge is 2.15. The van der Waals surface area contributed by atoms with Crippen LogP contribution in [0.25, 0.3) is 11.0 Å². The monoisotopic (exact) mass is 295 g/mol. The summed E-state index contributed by atoms with van der Waals surface area (Å²) in [5.74, 6) is 1.40. The van der Waals surface area contributed by atoms with E-state index in [1.54, 1.807) is 0 Å². The fraction of sp³-hybridized carbons (Fsp3) is 0.462. The van der Waals surface area contributed by atoms with Crippen molar-refractivity contribution in [2.24, 2.45) is 5.73 Å². The van der Waals surface area contributed by atoms with Crippen molar-refractivity contribution in [3.05, 3.63) is 28.5 Å². The lowest BCUT2D eigenvalue weighted by atomic mass is 10.1. The zero-order valence-electron chi connectivity index (χ0n) is 10.3. The van der Waals surface area contributed by atoms with Crippen LogP contribution in [0.15, 0.2) is 22.7 Å². The molecule has 0 fully saturated rings. The average molecular weight is 296 g/mol. The number of nitrogens with two attached hydrogens (primary N) is 1. The predicted octanol–water partition coefficient (Wildman–Crippen LogP) is 3.27. The second-order valence-electron chi connectivity index (χ2n) is 4.39. The SMILES string of the molecule is CCCn1c(C(C)CN)nc2cc(Br)ccc21. The first-order valence-corrected chi connectivity index (χ1v) is 6.82. The molecule has 2 aromatic rings. The Morgan fingerprint density at radius 3 is 2.88 bits per heavy atom. The molecule has 0 bridgehead atoms. The van der Waals surface area contributed by atoms with Crippen LogP contribution < -0.4 is 5.73 Å². The Bertz CT molecular complexity index is 519. The Labute approximate surface area is 110 Å². The van der Waals surface area contributed by atoms with E-state index in [4.69, 9.17) is 10.7 Å². The quantitative estimate of drug-likeness (QED) is 0.941. The second-order valence-corrected chi connectivity index (χ2v) is 5.31. The molecule has 92 valence electrons. The molecule has 0 aliphatic rings. The first-order chi connectivity index (χ1) is 8.17. The van der Waals surface area contributed by atoms with Crippen LogP contribution >= 0.6 is 15.9 Å². The molecule has 3 nitrogen and oxygen atoms in total. The Hall–Kier alpha value is -0.870. The highest BCUT2D eigenvalue weighted by atomic mass is 79.9. The van der Waals surface area contributed by atoms with Crippen molar-refractivity contribution >= 4 is 27.0 Å². The molecular weight excluding hydrogens is 278 g/mol. The van der Waals surface area contributed by atoms with E-state index in [-0.39, 0.29) is 0 Å². The molecule has 0 aliphatic carbocycles. The largest absolute Gasteiger partial charge is 0.330 e. The van der Waals surface area contributed by atoms with E-state index in [9.17, 15) is 0 Å². The van der Waals surface area contributed by atoms with Gasteiger partial charge in [0, 0.05) is 23.5 Å². The molecule has 17 heavy (non-hydrogen) atoms. The van der Waals surface area contributed by atoms with Crippen LogP contribution in [-0.4, -0.2) is 16.1 Å². The van der Waals surface area contributed by atoms with Crippen LogP contribution in [0.1, 0.15) is 32.0 Å². The summed E-state index contributed by atoms with van der Waals surface area (Å²) < 4.78 is 3.36. The summed E-state index contributed by atoms with van der Waals surface area (Å²) in [7, 11) is 0. The number of fused-ring (bicyclic) bond motifs is 1. The highest BCUT2D eigenvalue weighted by Crippen LogP contribution is 2.24. The molecule has 0 radical (unpaired) electrons. The van der Waals surface area contributed by atoms with Gasteiger partial charge in [0.05, 0.1) is 11.0 Å². The normalized spacial score (nSPS) is 13.2.